The molecule has 1 saturated carbocycles. The highest BCUT2D eigenvalue weighted by atomic mass is 16.3. The summed E-state index contributed by atoms with van der Waals surface area (Å²) < 4.78 is 0. The van der Waals surface area contributed by atoms with Gasteiger partial charge in [0.1, 0.15) is 0 Å². The summed E-state index contributed by atoms with van der Waals surface area (Å²) >= 11 is 0. The quantitative estimate of drug-likeness (QED) is 0.705. The minimum Gasteiger partial charge on any atom is -0.391 e. The van der Waals surface area contributed by atoms with Gasteiger partial charge in [0.25, 0.3) is 0 Å². The van der Waals surface area contributed by atoms with Crippen LogP contribution in [0.25, 0.3) is 0 Å². The van der Waals surface area contributed by atoms with Gasteiger partial charge in [0.15, 0.2) is 0 Å². The van der Waals surface area contributed by atoms with Crippen molar-refractivity contribution in [2.24, 2.45) is 17.6 Å². The monoisotopic (exact) mass is 185 g/mol. The van der Waals surface area contributed by atoms with E-state index in [1.54, 1.807) is 0 Å². The van der Waals surface area contributed by atoms with Crippen LogP contribution < -0.4 is 5.73 Å². The van der Waals surface area contributed by atoms with Crippen molar-refractivity contribution < 1.29 is 5.11 Å². The molecule has 0 aromatic carbocycles. The lowest BCUT2D eigenvalue weighted by Gasteiger charge is -2.32. The van der Waals surface area contributed by atoms with E-state index in [0.717, 1.165) is 0 Å². The summed E-state index contributed by atoms with van der Waals surface area (Å²) in [5.74, 6) is 0.850. The Kier molecular flexibility index (Phi) is 4.20. The second-order valence-electron chi connectivity index (χ2n) is 4.71. The molecule has 0 amide bonds. The molecule has 0 bridgehead atoms. The summed E-state index contributed by atoms with van der Waals surface area (Å²) in [6.45, 7) is 4.16. The maximum Gasteiger partial charge on any atom is 0.0721 e. The molecule has 0 spiro atoms. The van der Waals surface area contributed by atoms with Crippen molar-refractivity contribution in [2.45, 2.75) is 58.1 Å². The summed E-state index contributed by atoms with van der Waals surface area (Å²) in [5.41, 5.74) is 5.94. The Morgan fingerprint density at radius 1 is 1.15 bits per heavy atom. The second kappa shape index (κ2) is 4.97. The Morgan fingerprint density at radius 3 is 2.15 bits per heavy atom. The fourth-order valence-electron chi connectivity index (χ4n) is 2.18. The van der Waals surface area contributed by atoms with Crippen LogP contribution in [0, 0.1) is 11.8 Å². The minimum atomic E-state index is -0.278. The highest BCUT2D eigenvalue weighted by Gasteiger charge is 2.27. The van der Waals surface area contributed by atoms with Crippen LogP contribution in [0.1, 0.15) is 46.0 Å². The van der Waals surface area contributed by atoms with Crippen molar-refractivity contribution >= 4 is 0 Å². The Morgan fingerprint density at radius 2 is 1.69 bits per heavy atom. The van der Waals surface area contributed by atoms with E-state index in [-0.39, 0.29) is 12.1 Å². The van der Waals surface area contributed by atoms with Gasteiger partial charge in [-0.2, -0.15) is 0 Å². The first-order chi connectivity index (χ1) is 6.13. The molecule has 1 rings (SSSR count). The predicted octanol–water partition coefficient (Wildman–Crippen LogP) is 1.91. The highest BCUT2D eigenvalue weighted by molar-refractivity contribution is 4.82. The smallest absolute Gasteiger partial charge is 0.0721 e. The third kappa shape index (κ3) is 2.96. The molecule has 0 aromatic heterocycles. The van der Waals surface area contributed by atoms with Gasteiger partial charge in [-0.15, -0.1) is 0 Å². The van der Waals surface area contributed by atoms with Crippen molar-refractivity contribution in [1.82, 2.24) is 0 Å². The molecule has 0 aliphatic heterocycles. The third-order valence-corrected chi connectivity index (χ3v) is 3.30. The van der Waals surface area contributed by atoms with Gasteiger partial charge in [-0.3, -0.25) is 0 Å². The fourth-order valence-corrected chi connectivity index (χ4v) is 2.18. The maximum absolute atomic E-state index is 9.99. The molecular formula is C11H23NO. The molecule has 1 aliphatic carbocycles. The molecule has 78 valence electrons. The van der Waals surface area contributed by atoms with Crippen LogP contribution in [0.4, 0.5) is 0 Å². The molecular weight excluding hydrogens is 162 g/mol. The molecule has 2 unspecified atom stereocenters. The van der Waals surface area contributed by atoms with Gasteiger partial charge in [0, 0.05) is 6.04 Å². The van der Waals surface area contributed by atoms with Gasteiger partial charge < -0.3 is 10.8 Å². The molecule has 2 atom stereocenters. The number of hydrogen-bond donors (Lipinski definition) is 2. The molecule has 3 N–H and O–H groups in total. The Bertz CT molecular complexity index is 141. The lowest BCUT2D eigenvalue weighted by atomic mass is 9.80. The van der Waals surface area contributed by atoms with Crippen LogP contribution in [0.5, 0.6) is 0 Å². The fraction of sp³-hybridized carbons (Fsp3) is 1.00. The van der Waals surface area contributed by atoms with Crippen LogP contribution in [-0.2, 0) is 0 Å². The molecule has 2 nitrogen and oxygen atoms in total. The number of aliphatic hydroxyl groups is 1. The number of hydrogen-bond acceptors (Lipinski definition) is 2. The van der Waals surface area contributed by atoms with E-state index in [1.165, 1.54) is 32.1 Å². The van der Waals surface area contributed by atoms with Crippen LogP contribution in [0.2, 0.25) is 0 Å². The Labute approximate surface area is 81.5 Å². The summed E-state index contributed by atoms with van der Waals surface area (Å²) in [6, 6.07) is -0.0388. The molecule has 0 saturated heterocycles. The number of rotatable bonds is 3. The van der Waals surface area contributed by atoms with E-state index in [0.29, 0.717) is 11.8 Å². The number of nitrogens with two attached hydrogens (primary N) is 1. The zero-order chi connectivity index (χ0) is 9.84. The zero-order valence-corrected chi connectivity index (χ0v) is 8.87. The Hall–Kier alpha value is -0.0800. The minimum absolute atomic E-state index is 0.0388. The maximum atomic E-state index is 9.99. The standard InChI is InChI=1S/C11H23NO/c1-8(2)10(12)11(13)9-6-4-3-5-7-9/h8-11,13H,3-7,12H2,1-2H3. The average molecular weight is 185 g/mol. The van der Waals surface area contributed by atoms with Gasteiger partial charge >= 0.3 is 0 Å². The van der Waals surface area contributed by atoms with Gasteiger partial charge in [-0.05, 0) is 24.7 Å². The van der Waals surface area contributed by atoms with Crippen molar-refractivity contribution in [1.29, 1.82) is 0 Å². The molecule has 1 fully saturated rings. The molecule has 1 aliphatic rings. The Balaban J connectivity index is 2.40. The van der Waals surface area contributed by atoms with Crippen molar-refractivity contribution in [2.75, 3.05) is 0 Å². The molecule has 0 heterocycles. The lowest BCUT2D eigenvalue weighted by molar-refractivity contribution is 0.0487. The van der Waals surface area contributed by atoms with E-state index < -0.39 is 0 Å². The second-order valence-corrected chi connectivity index (χ2v) is 4.71. The zero-order valence-electron chi connectivity index (χ0n) is 8.87. The van der Waals surface area contributed by atoms with Crippen molar-refractivity contribution in [3.8, 4) is 0 Å². The number of aliphatic hydroxyl groups excluding tert-OH is 1. The van der Waals surface area contributed by atoms with E-state index in [4.69, 9.17) is 5.73 Å². The molecule has 0 radical (unpaired) electrons. The van der Waals surface area contributed by atoms with E-state index in [9.17, 15) is 5.11 Å². The average Bonchev–Trinajstić information content (AvgIpc) is 2.17. The van der Waals surface area contributed by atoms with Crippen LogP contribution in [-0.4, -0.2) is 17.3 Å². The van der Waals surface area contributed by atoms with Gasteiger partial charge in [-0.25, -0.2) is 0 Å². The summed E-state index contributed by atoms with van der Waals surface area (Å²) in [7, 11) is 0. The molecule has 13 heavy (non-hydrogen) atoms. The SMILES string of the molecule is CC(C)C(N)C(O)C1CCCCC1. The van der Waals surface area contributed by atoms with Crippen LogP contribution >= 0.6 is 0 Å². The van der Waals surface area contributed by atoms with E-state index in [2.05, 4.69) is 13.8 Å². The van der Waals surface area contributed by atoms with Crippen LogP contribution in [0.15, 0.2) is 0 Å². The molecule has 0 aromatic rings. The van der Waals surface area contributed by atoms with Crippen molar-refractivity contribution in [3.63, 3.8) is 0 Å². The first-order valence-electron chi connectivity index (χ1n) is 5.56. The lowest BCUT2D eigenvalue weighted by Crippen LogP contribution is -2.44. The highest BCUT2D eigenvalue weighted by Crippen LogP contribution is 2.28. The van der Waals surface area contributed by atoms with Gasteiger partial charge in [-0.1, -0.05) is 33.1 Å². The van der Waals surface area contributed by atoms with Gasteiger partial charge in [0.2, 0.25) is 0 Å². The largest absolute Gasteiger partial charge is 0.391 e. The van der Waals surface area contributed by atoms with Crippen molar-refractivity contribution in [3.05, 3.63) is 0 Å². The molecule has 2 heteroatoms. The third-order valence-electron chi connectivity index (χ3n) is 3.30. The van der Waals surface area contributed by atoms with E-state index in [1.807, 2.05) is 0 Å². The normalized spacial score (nSPS) is 24.7. The van der Waals surface area contributed by atoms with E-state index >= 15 is 0 Å². The van der Waals surface area contributed by atoms with Crippen LogP contribution in [0.3, 0.4) is 0 Å². The topological polar surface area (TPSA) is 46.2 Å². The summed E-state index contributed by atoms with van der Waals surface area (Å²) in [5, 5.41) is 9.99. The summed E-state index contributed by atoms with van der Waals surface area (Å²) in [6.07, 6.45) is 5.93. The van der Waals surface area contributed by atoms with Gasteiger partial charge in [0.05, 0.1) is 6.10 Å². The summed E-state index contributed by atoms with van der Waals surface area (Å²) in [4.78, 5) is 0. The first kappa shape index (κ1) is 11.0. The predicted molar refractivity (Wildman–Crippen MR) is 55.4 cm³/mol. The first-order valence-corrected chi connectivity index (χ1v) is 5.56.